The maximum Gasteiger partial charge on any atom is 0.0683 e. The van der Waals surface area contributed by atoms with Crippen molar-refractivity contribution in [1.82, 2.24) is 5.32 Å². The van der Waals surface area contributed by atoms with Crippen LogP contribution in [-0.4, -0.2) is 6.54 Å². The normalized spacial score (nSPS) is 13.1. The lowest BCUT2D eigenvalue weighted by Gasteiger charge is -2.18. The summed E-state index contributed by atoms with van der Waals surface area (Å²) in [5.74, 6) is 0. The minimum Gasteiger partial charge on any atom is -0.310 e. The lowest BCUT2D eigenvalue weighted by Crippen LogP contribution is -2.22. The first kappa shape index (κ1) is 14.7. The van der Waals surface area contributed by atoms with Gasteiger partial charge in [0, 0.05) is 6.04 Å². The van der Waals surface area contributed by atoms with E-state index in [9.17, 15) is 0 Å². The molecule has 0 aliphatic carbocycles. The fraction of sp³-hybridized carbons (Fsp3) is 0.562. The Bertz CT molecular complexity index is 415. The number of hydrogen-bond acceptors (Lipinski definition) is 2. The summed E-state index contributed by atoms with van der Waals surface area (Å²) >= 11 is 0. The molecule has 0 radical (unpaired) electrons. The molecule has 1 aromatic carbocycles. The van der Waals surface area contributed by atoms with Gasteiger partial charge in [-0.2, -0.15) is 5.26 Å². The Kier molecular flexibility index (Phi) is 5.37. The van der Waals surface area contributed by atoms with Crippen molar-refractivity contribution in [1.29, 1.82) is 5.26 Å². The van der Waals surface area contributed by atoms with Crippen LogP contribution in [0.2, 0.25) is 0 Å². The first-order valence-electron chi connectivity index (χ1n) is 6.66. The van der Waals surface area contributed by atoms with Crippen molar-refractivity contribution in [2.75, 3.05) is 6.54 Å². The third-order valence-electron chi connectivity index (χ3n) is 3.39. The molecule has 1 aromatic rings. The second kappa shape index (κ2) is 6.56. The van der Waals surface area contributed by atoms with Gasteiger partial charge in [-0.3, -0.25) is 0 Å². The average Bonchev–Trinajstić information content (AvgIpc) is 2.35. The summed E-state index contributed by atoms with van der Waals surface area (Å²) < 4.78 is 0. The Balaban J connectivity index is 2.37. The van der Waals surface area contributed by atoms with Crippen LogP contribution in [0.5, 0.6) is 0 Å². The molecule has 0 aliphatic rings. The zero-order valence-corrected chi connectivity index (χ0v) is 12.0. The first-order chi connectivity index (χ1) is 8.46. The molecule has 1 N–H and O–H groups in total. The number of nitriles is 1. The first-order valence-corrected chi connectivity index (χ1v) is 6.66. The smallest absolute Gasteiger partial charge is 0.0683 e. The van der Waals surface area contributed by atoms with Gasteiger partial charge in [0.25, 0.3) is 0 Å². The molecule has 1 rings (SSSR count). The monoisotopic (exact) mass is 244 g/mol. The fourth-order valence-corrected chi connectivity index (χ4v) is 2.09. The third-order valence-corrected chi connectivity index (χ3v) is 3.39. The lowest BCUT2D eigenvalue weighted by atomic mass is 9.90. The van der Waals surface area contributed by atoms with Gasteiger partial charge in [0.2, 0.25) is 0 Å². The van der Waals surface area contributed by atoms with Crippen LogP contribution in [0.4, 0.5) is 0 Å². The average molecular weight is 244 g/mol. The summed E-state index contributed by atoms with van der Waals surface area (Å²) in [5, 5.41) is 12.5. The van der Waals surface area contributed by atoms with Crippen molar-refractivity contribution in [3.05, 3.63) is 35.4 Å². The van der Waals surface area contributed by atoms with Crippen LogP contribution in [-0.2, 0) is 0 Å². The van der Waals surface area contributed by atoms with Crippen LogP contribution < -0.4 is 5.32 Å². The topological polar surface area (TPSA) is 35.8 Å². The number of benzene rings is 1. The van der Waals surface area contributed by atoms with Crippen LogP contribution in [0.1, 0.15) is 50.8 Å². The van der Waals surface area contributed by atoms with Crippen molar-refractivity contribution in [2.24, 2.45) is 5.41 Å². The summed E-state index contributed by atoms with van der Waals surface area (Å²) in [6, 6.07) is 11.2. The quantitative estimate of drug-likeness (QED) is 0.768. The van der Waals surface area contributed by atoms with E-state index < -0.39 is 0 Å². The van der Waals surface area contributed by atoms with Crippen molar-refractivity contribution in [3.8, 4) is 6.07 Å². The zero-order chi connectivity index (χ0) is 13.6. The predicted octanol–water partition coefficient (Wildman–Crippen LogP) is 3.98. The molecule has 0 bridgehead atoms. The molecule has 2 heteroatoms. The number of hydrogen-bond donors (Lipinski definition) is 1. The molecule has 98 valence electrons. The maximum atomic E-state index is 8.95. The van der Waals surface area contributed by atoms with Crippen LogP contribution in [0, 0.1) is 23.7 Å². The highest BCUT2D eigenvalue weighted by Gasteiger charge is 2.15. The highest BCUT2D eigenvalue weighted by atomic mass is 14.9. The highest BCUT2D eigenvalue weighted by Crippen LogP contribution is 2.21. The van der Waals surface area contributed by atoms with E-state index in [4.69, 9.17) is 5.26 Å². The van der Waals surface area contributed by atoms with Crippen LogP contribution in [0.25, 0.3) is 0 Å². The summed E-state index contributed by atoms with van der Waals surface area (Å²) in [6.45, 7) is 9.29. The number of nitrogens with zero attached hydrogens (tertiary/aromatic N) is 1. The van der Waals surface area contributed by atoms with E-state index in [1.807, 2.05) is 13.8 Å². The van der Waals surface area contributed by atoms with E-state index >= 15 is 0 Å². The molecular formula is C16H24N2. The van der Waals surface area contributed by atoms with E-state index in [2.05, 4.69) is 49.5 Å². The van der Waals surface area contributed by atoms with Gasteiger partial charge < -0.3 is 5.32 Å². The van der Waals surface area contributed by atoms with Crippen molar-refractivity contribution in [3.63, 3.8) is 0 Å². The van der Waals surface area contributed by atoms with Crippen LogP contribution >= 0.6 is 0 Å². The van der Waals surface area contributed by atoms with Crippen molar-refractivity contribution < 1.29 is 0 Å². The molecule has 0 saturated heterocycles. The van der Waals surface area contributed by atoms with Gasteiger partial charge in [0.15, 0.2) is 0 Å². The Morgan fingerprint density at radius 2 is 2.00 bits per heavy atom. The molecule has 0 spiro atoms. The molecule has 0 aromatic heterocycles. The summed E-state index contributed by atoms with van der Waals surface area (Å²) in [4.78, 5) is 0. The lowest BCUT2D eigenvalue weighted by molar-refractivity contribution is 0.417. The molecule has 0 heterocycles. The summed E-state index contributed by atoms with van der Waals surface area (Å²) in [5.41, 5.74) is 2.49. The highest BCUT2D eigenvalue weighted by molar-refractivity contribution is 5.28. The molecule has 18 heavy (non-hydrogen) atoms. The van der Waals surface area contributed by atoms with Crippen molar-refractivity contribution >= 4 is 0 Å². The van der Waals surface area contributed by atoms with Gasteiger partial charge in [-0.15, -0.1) is 0 Å². The molecule has 0 aliphatic heterocycles. The second-order valence-electron chi connectivity index (χ2n) is 5.63. The van der Waals surface area contributed by atoms with Gasteiger partial charge >= 0.3 is 0 Å². The minimum absolute atomic E-state index is 0.201. The largest absolute Gasteiger partial charge is 0.310 e. The Hall–Kier alpha value is -1.33. The Labute approximate surface area is 111 Å². The molecule has 0 fully saturated rings. The standard InChI is InChI=1S/C16H24N2/c1-13-8-5-6-9-15(13)14(2)18-11-7-10-16(3,4)12-17/h5-6,8-9,14,18H,7,10-11H2,1-4H3. The SMILES string of the molecule is Cc1ccccc1C(C)NCCCC(C)(C)C#N. The summed E-state index contributed by atoms with van der Waals surface area (Å²) in [6.07, 6.45) is 1.98. The van der Waals surface area contributed by atoms with E-state index in [1.54, 1.807) is 0 Å². The number of nitrogens with one attached hydrogen (secondary N) is 1. The minimum atomic E-state index is -0.201. The third kappa shape index (κ3) is 4.50. The predicted molar refractivity (Wildman–Crippen MR) is 76.2 cm³/mol. The molecular weight excluding hydrogens is 220 g/mol. The van der Waals surface area contributed by atoms with Gasteiger partial charge in [0.1, 0.15) is 0 Å². The molecule has 2 nitrogen and oxygen atoms in total. The molecule has 0 saturated carbocycles. The van der Waals surface area contributed by atoms with E-state index in [1.165, 1.54) is 11.1 Å². The zero-order valence-electron chi connectivity index (χ0n) is 12.0. The van der Waals surface area contributed by atoms with Gasteiger partial charge in [-0.25, -0.2) is 0 Å². The Morgan fingerprint density at radius 3 is 2.61 bits per heavy atom. The molecule has 1 unspecified atom stereocenters. The molecule has 0 amide bonds. The molecule has 1 atom stereocenters. The fourth-order valence-electron chi connectivity index (χ4n) is 2.09. The summed E-state index contributed by atoms with van der Waals surface area (Å²) in [7, 11) is 0. The van der Waals surface area contributed by atoms with E-state index in [-0.39, 0.29) is 5.41 Å². The van der Waals surface area contributed by atoms with Crippen LogP contribution in [0.3, 0.4) is 0 Å². The number of rotatable bonds is 6. The van der Waals surface area contributed by atoms with E-state index in [0.29, 0.717) is 6.04 Å². The second-order valence-corrected chi connectivity index (χ2v) is 5.63. The Morgan fingerprint density at radius 1 is 1.33 bits per heavy atom. The number of aryl methyl sites for hydroxylation is 1. The van der Waals surface area contributed by atoms with Crippen LogP contribution in [0.15, 0.2) is 24.3 Å². The van der Waals surface area contributed by atoms with Crippen molar-refractivity contribution in [2.45, 2.75) is 46.6 Å². The van der Waals surface area contributed by atoms with E-state index in [0.717, 1.165) is 19.4 Å². The van der Waals surface area contributed by atoms with Gasteiger partial charge in [0.05, 0.1) is 11.5 Å². The van der Waals surface area contributed by atoms with Gasteiger partial charge in [-0.05, 0) is 58.2 Å². The van der Waals surface area contributed by atoms with Gasteiger partial charge in [-0.1, -0.05) is 24.3 Å². The maximum absolute atomic E-state index is 8.95.